The first-order valence-electron chi connectivity index (χ1n) is 14.9. The Bertz CT molecular complexity index is 1440. The van der Waals surface area contributed by atoms with Gasteiger partial charge in [-0.1, -0.05) is 30.3 Å². The van der Waals surface area contributed by atoms with Gasteiger partial charge in [0.25, 0.3) is 11.8 Å². The molecule has 208 valence electrons. The lowest BCUT2D eigenvalue weighted by molar-refractivity contribution is -0.0503. The lowest BCUT2D eigenvalue weighted by Crippen LogP contribution is -2.51. The van der Waals surface area contributed by atoms with Crippen LogP contribution >= 0.6 is 0 Å². The van der Waals surface area contributed by atoms with Crippen LogP contribution in [0.2, 0.25) is 0 Å². The van der Waals surface area contributed by atoms with Crippen LogP contribution < -0.4 is 10.6 Å². The van der Waals surface area contributed by atoms with Crippen molar-refractivity contribution in [1.82, 2.24) is 24.9 Å². The number of amidine groups is 1. The van der Waals surface area contributed by atoms with Crippen LogP contribution in [-0.2, 0) is 6.54 Å². The molecule has 2 N–H and O–H groups in total. The molecule has 2 amide bonds. The third kappa shape index (κ3) is 4.67. The molecule has 0 spiro atoms. The number of nitrogens with zero attached hydrogens (tertiary/aromatic N) is 4. The van der Waals surface area contributed by atoms with Gasteiger partial charge in [0.15, 0.2) is 0 Å². The predicted octanol–water partition coefficient (Wildman–Crippen LogP) is 4.29. The molecule has 0 radical (unpaired) electrons. The van der Waals surface area contributed by atoms with Gasteiger partial charge in [-0.05, 0) is 86.3 Å². The number of fused-ring (bicyclic) bond motifs is 1. The number of nitrogens with one attached hydrogen (secondary N) is 2. The van der Waals surface area contributed by atoms with Crippen LogP contribution in [0.5, 0.6) is 0 Å². The van der Waals surface area contributed by atoms with Gasteiger partial charge in [0, 0.05) is 37.9 Å². The number of aliphatic imine (C=N–C) groups is 1. The topological polar surface area (TPSA) is 91.1 Å². The van der Waals surface area contributed by atoms with E-state index in [2.05, 4.69) is 20.6 Å². The summed E-state index contributed by atoms with van der Waals surface area (Å²) < 4.78 is 1.76. The second-order valence-electron chi connectivity index (χ2n) is 12.5. The number of pyridine rings is 1. The molecule has 3 aromatic rings. The fraction of sp³-hybridized carbons (Fsp3) is 0.500. The van der Waals surface area contributed by atoms with Crippen molar-refractivity contribution >= 4 is 23.3 Å². The molecule has 8 rings (SSSR count). The zero-order valence-electron chi connectivity index (χ0n) is 23.2. The van der Waals surface area contributed by atoms with E-state index < -0.39 is 0 Å². The van der Waals surface area contributed by atoms with Crippen molar-refractivity contribution in [3.8, 4) is 0 Å². The summed E-state index contributed by atoms with van der Waals surface area (Å²) in [7, 11) is 0. The van der Waals surface area contributed by atoms with Gasteiger partial charge in [0.2, 0.25) is 0 Å². The molecule has 3 heterocycles. The number of carbonyl (C=O) groups is 2. The van der Waals surface area contributed by atoms with Crippen LogP contribution in [0.15, 0.2) is 53.7 Å². The van der Waals surface area contributed by atoms with E-state index in [0.29, 0.717) is 30.1 Å². The van der Waals surface area contributed by atoms with Crippen molar-refractivity contribution in [3.05, 3.63) is 71.2 Å². The van der Waals surface area contributed by atoms with E-state index in [1.54, 1.807) is 15.5 Å². The zero-order valence-corrected chi connectivity index (χ0v) is 23.2. The summed E-state index contributed by atoms with van der Waals surface area (Å²) in [6.45, 7) is 5.45. The predicted molar refractivity (Wildman–Crippen MR) is 154 cm³/mol. The molecule has 0 saturated heterocycles. The van der Waals surface area contributed by atoms with Gasteiger partial charge >= 0.3 is 0 Å². The normalized spacial score (nSPS) is 26.5. The molecular weight excluding hydrogens is 500 g/mol. The molecule has 5 aliphatic rings. The maximum Gasteiger partial charge on any atom is 0.274 e. The van der Waals surface area contributed by atoms with E-state index in [9.17, 15) is 9.59 Å². The summed E-state index contributed by atoms with van der Waals surface area (Å²) in [6.07, 6.45) is 9.67. The Morgan fingerprint density at radius 1 is 1.05 bits per heavy atom. The summed E-state index contributed by atoms with van der Waals surface area (Å²) in [5, 5.41) is 6.57. The smallest absolute Gasteiger partial charge is 0.274 e. The highest BCUT2D eigenvalue weighted by Crippen LogP contribution is 2.59. The molecule has 0 unspecified atom stereocenters. The summed E-state index contributed by atoms with van der Waals surface area (Å²) in [4.78, 5) is 37.8. The molecule has 4 fully saturated rings. The van der Waals surface area contributed by atoms with Crippen molar-refractivity contribution in [2.24, 2.45) is 28.2 Å². The molecule has 8 nitrogen and oxygen atoms in total. The highest BCUT2D eigenvalue weighted by Gasteiger charge is 2.50. The minimum Gasteiger partial charge on any atom is -0.368 e. The van der Waals surface area contributed by atoms with Crippen molar-refractivity contribution in [3.63, 3.8) is 0 Å². The molecule has 4 aliphatic carbocycles. The van der Waals surface area contributed by atoms with Crippen LogP contribution in [0.25, 0.3) is 5.65 Å². The standard InChI is InChI=1S/C32H38N6O2/c1-2-37(18-21-6-8-25(9-7-21)29-33-10-11-34-29)31(40)26-19-38-27(4-3-5-28(38)36-26)30(39)35-20-32-15-22-12-23(16-32)14-24(13-22)17-32/h3-9,19,22-24H,2,10-18,20H2,1H3,(H,33,34)(H,35,39). The number of hydrogen-bond acceptors (Lipinski definition) is 5. The quantitative estimate of drug-likeness (QED) is 0.448. The van der Waals surface area contributed by atoms with Gasteiger partial charge in [-0.3, -0.25) is 19.0 Å². The fourth-order valence-corrected chi connectivity index (χ4v) is 8.23. The van der Waals surface area contributed by atoms with Crippen LogP contribution in [0.3, 0.4) is 0 Å². The third-order valence-corrected chi connectivity index (χ3v) is 9.68. The minimum atomic E-state index is -0.142. The van der Waals surface area contributed by atoms with Gasteiger partial charge in [-0.25, -0.2) is 4.98 Å². The molecule has 1 aliphatic heterocycles. The largest absolute Gasteiger partial charge is 0.368 e. The number of aromatic nitrogens is 2. The number of hydrogen-bond donors (Lipinski definition) is 2. The highest BCUT2D eigenvalue weighted by molar-refractivity contribution is 5.99. The van der Waals surface area contributed by atoms with Crippen LogP contribution in [0.1, 0.15) is 77.6 Å². The molecular formula is C32H38N6O2. The van der Waals surface area contributed by atoms with E-state index in [-0.39, 0.29) is 17.2 Å². The van der Waals surface area contributed by atoms with Crippen LogP contribution in [0.4, 0.5) is 0 Å². The Hall–Kier alpha value is -3.68. The first kappa shape index (κ1) is 25.3. The third-order valence-electron chi connectivity index (χ3n) is 9.68. The number of amides is 2. The second-order valence-corrected chi connectivity index (χ2v) is 12.5. The summed E-state index contributed by atoms with van der Waals surface area (Å²) in [5.74, 6) is 3.26. The van der Waals surface area contributed by atoms with Gasteiger partial charge < -0.3 is 15.5 Å². The molecule has 0 atom stereocenters. The Balaban J connectivity index is 1.05. The number of rotatable bonds is 8. The van der Waals surface area contributed by atoms with Crippen molar-refractivity contribution in [1.29, 1.82) is 0 Å². The fourth-order valence-electron chi connectivity index (χ4n) is 8.23. The number of benzene rings is 1. The highest BCUT2D eigenvalue weighted by atomic mass is 16.2. The van der Waals surface area contributed by atoms with Crippen molar-refractivity contribution < 1.29 is 9.59 Å². The minimum absolute atomic E-state index is 0.0912. The Morgan fingerprint density at radius 3 is 2.42 bits per heavy atom. The summed E-state index contributed by atoms with van der Waals surface area (Å²) in [5.41, 5.74) is 3.86. The molecule has 2 aromatic heterocycles. The SMILES string of the molecule is CCN(Cc1ccc(C2=NCCN2)cc1)C(=O)c1cn2c(C(=O)NCC34CC5CC(CC(C5)C3)C4)cccc2n1. The van der Waals surface area contributed by atoms with E-state index in [4.69, 9.17) is 0 Å². The first-order chi connectivity index (χ1) is 19.5. The molecule has 40 heavy (non-hydrogen) atoms. The summed E-state index contributed by atoms with van der Waals surface area (Å²) in [6, 6.07) is 13.7. The van der Waals surface area contributed by atoms with Gasteiger partial charge in [-0.15, -0.1) is 0 Å². The average molecular weight is 539 g/mol. The molecule has 8 heteroatoms. The number of imidazole rings is 1. The van der Waals surface area contributed by atoms with Gasteiger partial charge in [-0.2, -0.15) is 0 Å². The zero-order chi connectivity index (χ0) is 27.3. The Labute approximate surface area is 235 Å². The lowest BCUT2D eigenvalue weighted by atomic mass is 9.49. The lowest BCUT2D eigenvalue weighted by Gasteiger charge is -2.56. The van der Waals surface area contributed by atoms with E-state index in [0.717, 1.165) is 54.4 Å². The maximum atomic E-state index is 13.5. The van der Waals surface area contributed by atoms with Crippen molar-refractivity contribution in [2.45, 2.75) is 52.0 Å². The van der Waals surface area contributed by atoms with E-state index in [1.165, 1.54) is 38.5 Å². The summed E-state index contributed by atoms with van der Waals surface area (Å²) >= 11 is 0. The van der Waals surface area contributed by atoms with E-state index >= 15 is 0 Å². The average Bonchev–Trinajstić information content (AvgIpc) is 3.65. The van der Waals surface area contributed by atoms with Crippen LogP contribution in [-0.4, -0.2) is 58.1 Å². The number of carbonyl (C=O) groups excluding carboxylic acids is 2. The first-order valence-corrected chi connectivity index (χ1v) is 14.9. The van der Waals surface area contributed by atoms with Gasteiger partial charge in [0.05, 0.1) is 6.54 Å². The molecule has 4 saturated carbocycles. The second kappa shape index (κ2) is 10.1. The monoisotopic (exact) mass is 538 g/mol. The van der Waals surface area contributed by atoms with E-state index in [1.807, 2.05) is 49.4 Å². The molecule has 1 aromatic carbocycles. The maximum absolute atomic E-state index is 13.5. The Morgan fingerprint density at radius 2 is 1.77 bits per heavy atom. The van der Waals surface area contributed by atoms with Crippen molar-refractivity contribution in [2.75, 3.05) is 26.2 Å². The molecule has 4 bridgehead atoms. The Kier molecular flexibility index (Phi) is 6.36. The van der Waals surface area contributed by atoms with Crippen LogP contribution in [0, 0.1) is 23.2 Å². The van der Waals surface area contributed by atoms with Gasteiger partial charge in [0.1, 0.15) is 22.9 Å².